The number of hydrogen-bond donors (Lipinski definition) is 2. The molecule has 2 aromatic carbocycles. The molecule has 0 radical (unpaired) electrons. The number of ether oxygens (including phenoxy) is 3. The first kappa shape index (κ1) is 19.5. The van der Waals surface area contributed by atoms with Crippen LogP contribution >= 0.6 is 0 Å². The van der Waals surface area contributed by atoms with Gasteiger partial charge in [-0.3, -0.25) is 4.79 Å². The van der Waals surface area contributed by atoms with Crippen molar-refractivity contribution < 1.29 is 24.1 Å². The third-order valence-electron chi connectivity index (χ3n) is 4.87. The van der Waals surface area contributed by atoms with Gasteiger partial charge in [-0.15, -0.1) is 0 Å². The third-order valence-corrected chi connectivity index (χ3v) is 4.87. The third kappa shape index (κ3) is 3.60. The van der Waals surface area contributed by atoms with Gasteiger partial charge in [-0.1, -0.05) is 6.07 Å². The van der Waals surface area contributed by atoms with Crippen LogP contribution < -0.4 is 19.6 Å². The summed E-state index contributed by atoms with van der Waals surface area (Å²) >= 11 is 0. The number of nitrogens with zero attached hydrogens (tertiary/aromatic N) is 1. The summed E-state index contributed by atoms with van der Waals surface area (Å²) in [5, 5.41) is 14.6. The second kappa shape index (κ2) is 8.21. The van der Waals surface area contributed by atoms with E-state index in [0.717, 1.165) is 29.5 Å². The molecule has 1 aliphatic carbocycles. The van der Waals surface area contributed by atoms with Crippen LogP contribution in [0.15, 0.2) is 29.4 Å². The number of rotatable bonds is 5. The molecule has 0 bridgehead atoms. The Kier molecular flexibility index (Phi) is 5.73. The quantitative estimate of drug-likeness (QED) is 0.773. The summed E-state index contributed by atoms with van der Waals surface area (Å²) in [7, 11) is 4.48. The van der Waals surface area contributed by atoms with E-state index in [-0.39, 0.29) is 5.75 Å². The maximum atomic E-state index is 12.7. The molecule has 0 unspecified atom stereocenters. The second-order valence-electron chi connectivity index (χ2n) is 6.52. The molecule has 148 valence electrons. The summed E-state index contributed by atoms with van der Waals surface area (Å²) in [5.41, 5.74) is 6.48. The van der Waals surface area contributed by atoms with Crippen molar-refractivity contribution >= 4 is 11.6 Å². The first-order chi connectivity index (χ1) is 13.5. The van der Waals surface area contributed by atoms with Gasteiger partial charge in [0.1, 0.15) is 5.75 Å². The van der Waals surface area contributed by atoms with Crippen LogP contribution in [0.5, 0.6) is 23.0 Å². The highest BCUT2D eigenvalue weighted by atomic mass is 16.5. The van der Waals surface area contributed by atoms with E-state index in [1.54, 1.807) is 18.2 Å². The molecule has 3 rings (SSSR count). The Hall–Kier alpha value is -3.22. The normalized spacial score (nSPS) is 14.4. The maximum absolute atomic E-state index is 12.7. The zero-order chi connectivity index (χ0) is 20.3. The van der Waals surface area contributed by atoms with Gasteiger partial charge in [-0.05, 0) is 55.5 Å². The molecule has 0 aliphatic heterocycles. The second-order valence-corrected chi connectivity index (χ2v) is 6.52. The fourth-order valence-corrected chi connectivity index (χ4v) is 3.45. The van der Waals surface area contributed by atoms with Gasteiger partial charge in [0.25, 0.3) is 5.91 Å². The van der Waals surface area contributed by atoms with E-state index in [2.05, 4.69) is 10.5 Å². The van der Waals surface area contributed by atoms with Gasteiger partial charge >= 0.3 is 0 Å². The minimum atomic E-state index is -0.411. The summed E-state index contributed by atoms with van der Waals surface area (Å²) in [6.07, 6.45) is 2.48. The van der Waals surface area contributed by atoms with Crippen molar-refractivity contribution in [2.75, 3.05) is 21.3 Å². The number of carbonyl (C=O) groups is 1. The van der Waals surface area contributed by atoms with E-state index in [9.17, 15) is 9.90 Å². The fourth-order valence-electron chi connectivity index (χ4n) is 3.45. The minimum Gasteiger partial charge on any atom is -0.507 e. The van der Waals surface area contributed by atoms with Gasteiger partial charge in [-0.25, -0.2) is 5.43 Å². The van der Waals surface area contributed by atoms with Crippen molar-refractivity contribution in [2.45, 2.75) is 26.2 Å². The van der Waals surface area contributed by atoms with E-state index in [1.165, 1.54) is 21.3 Å². The lowest BCUT2D eigenvalue weighted by Crippen LogP contribution is -2.22. The SMILES string of the molecule is COc1cc(C(=O)N/N=C2\CCCc3c(C)ccc(O)c32)cc(OC)c1OC. The molecule has 0 spiro atoms. The Morgan fingerprint density at radius 2 is 1.75 bits per heavy atom. The molecule has 2 aromatic rings. The summed E-state index contributed by atoms with van der Waals surface area (Å²) in [5.74, 6) is 0.952. The summed E-state index contributed by atoms with van der Waals surface area (Å²) in [6, 6.07) is 6.68. The van der Waals surface area contributed by atoms with Crippen LogP contribution in [0.3, 0.4) is 0 Å². The molecule has 0 saturated carbocycles. The lowest BCUT2D eigenvalue weighted by molar-refractivity contribution is 0.0954. The molecule has 28 heavy (non-hydrogen) atoms. The zero-order valence-corrected chi connectivity index (χ0v) is 16.5. The van der Waals surface area contributed by atoms with Crippen LogP contribution in [0.4, 0.5) is 0 Å². The summed E-state index contributed by atoms with van der Waals surface area (Å²) < 4.78 is 15.8. The van der Waals surface area contributed by atoms with Crippen LogP contribution in [0.1, 0.15) is 39.9 Å². The minimum absolute atomic E-state index is 0.182. The van der Waals surface area contributed by atoms with Gasteiger partial charge in [0.15, 0.2) is 11.5 Å². The number of phenols is 1. The first-order valence-electron chi connectivity index (χ1n) is 8.98. The lowest BCUT2D eigenvalue weighted by atomic mass is 9.86. The van der Waals surface area contributed by atoms with Crippen LogP contribution in [-0.4, -0.2) is 38.1 Å². The summed E-state index contributed by atoms with van der Waals surface area (Å²) in [6.45, 7) is 2.01. The molecule has 0 atom stereocenters. The van der Waals surface area contributed by atoms with Gasteiger partial charge in [0.05, 0.1) is 27.0 Å². The number of carbonyl (C=O) groups excluding carboxylic acids is 1. The molecule has 0 aromatic heterocycles. The highest BCUT2D eigenvalue weighted by Gasteiger charge is 2.22. The highest BCUT2D eigenvalue weighted by molar-refractivity contribution is 6.06. The van der Waals surface area contributed by atoms with Crippen molar-refractivity contribution in [2.24, 2.45) is 5.10 Å². The predicted molar refractivity (Wildman–Crippen MR) is 106 cm³/mol. The van der Waals surface area contributed by atoms with Crippen LogP contribution in [-0.2, 0) is 6.42 Å². The number of benzene rings is 2. The van der Waals surface area contributed by atoms with Crippen molar-refractivity contribution in [3.63, 3.8) is 0 Å². The Morgan fingerprint density at radius 3 is 2.36 bits per heavy atom. The first-order valence-corrected chi connectivity index (χ1v) is 8.98. The molecular formula is C21H24N2O5. The van der Waals surface area contributed by atoms with Crippen molar-refractivity contribution in [3.05, 3.63) is 46.5 Å². The number of phenolic OH excluding ortho intramolecular Hbond substituents is 1. The smallest absolute Gasteiger partial charge is 0.271 e. The van der Waals surface area contributed by atoms with Crippen LogP contribution in [0.2, 0.25) is 0 Å². The standard InChI is InChI=1S/C21H24N2O5/c1-12-8-9-16(24)19-14(12)6-5-7-15(19)22-23-21(25)13-10-17(26-2)20(28-4)18(11-13)27-3/h8-11,24H,5-7H2,1-4H3,(H,23,25)/b22-15+. The molecule has 7 heteroatoms. The maximum Gasteiger partial charge on any atom is 0.271 e. The number of hydrazone groups is 1. The van der Waals surface area contributed by atoms with Crippen LogP contribution in [0, 0.1) is 6.92 Å². The lowest BCUT2D eigenvalue weighted by Gasteiger charge is -2.21. The van der Waals surface area contributed by atoms with Crippen LogP contribution in [0.25, 0.3) is 0 Å². The van der Waals surface area contributed by atoms with Crippen molar-refractivity contribution in [3.8, 4) is 23.0 Å². The molecular weight excluding hydrogens is 360 g/mol. The van der Waals surface area contributed by atoms with Crippen molar-refractivity contribution in [1.82, 2.24) is 5.43 Å². The average molecular weight is 384 g/mol. The summed E-state index contributed by atoms with van der Waals surface area (Å²) in [4.78, 5) is 12.7. The van der Waals surface area contributed by atoms with E-state index in [0.29, 0.717) is 34.9 Å². The number of aryl methyl sites for hydroxylation is 1. The van der Waals surface area contributed by atoms with Gasteiger partial charge < -0.3 is 19.3 Å². The molecule has 0 saturated heterocycles. The number of nitrogens with one attached hydrogen (secondary N) is 1. The number of amides is 1. The van der Waals surface area contributed by atoms with E-state index in [1.807, 2.05) is 13.0 Å². The Morgan fingerprint density at radius 1 is 1.07 bits per heavy atom. The number of aromatic hydroxyl groups is 1. The molecule has 0 heterocycles. The van der Waals surface area contributed by atoms with Crippen molar-refractivity contribution in [1.29, 1.82) is 0 Å². The molecule has 7 nitrogen and oxygen atoms in total. The monoisotopic (exact) mass is 384 g/mol. The number of hydrogen-bond acceptors (Lipinski definition) is 6. The zero-order valence-electron chi connectivity index (χ0n) is 16.5. The molecule has 1 aliphatic rings. The van der Waals surface area contributed by atoms with E-state index >= 15 is 0 Å². The largest absolute Gasteiger partial charge is 0.507 e. The predicted octanol–water partition coefficient (Wildman–Crippen LogP) is 3.20. The van der Waals surface area contributed by atoms with E-state index in [4.69, 9.17) is 14.2 Å². The number of fused-ring (bicyclic) bond motifs is 1. The Labute approximate surface area is 163 Å². The molecule has 0 fully saturated rings. The Balaban J connectivity index is 1.91. The Bertz CT molecular complexity index is 912. The topological polar surface area (TPSA) is 89.4 Å². The van der Waals surface area contributed by atoms with Gasteiger partial charge in [0, 0.05) is 11.1 Å². The van der Waals surface area contributed by atoms with Gasteiger partial charge in [0.2, 0.25) is 5.75 Å². The average Bonchev–Trinajstić information content (AvgIpc) is 2.73. The van der Waals surface area contributed by atoms with Gasteiger partial charge in [-0.2, -0.15) is 5.10 Å². The highest BCUT2D eigenvalue weighted by Crippen LogP contribution is 2.38. The number of methoxy groups -OCH3 is 3. The molecule has 1 amide bonds. The van der Waals surface area contributed by atoms with E-state index < -0.39 is 5.91 Å². The molecule has 2 N–H and O–H groups in total. The fraction of sp³-hybridized carbons (Fsp3) is 0.333.